The number of imidazole rings is 1. The minimum atomic E-state index is -2.68. The molecule has 3 heterocycles. The van der Waals surface area contributed by atoms with E-state index in [2.05, 4.69) is 42.6 Å². The van der Waals surface area contributed by atoms with Gasteiger partial charge in [-0.1, -0.05) is 12.8 Å². The second kappa shape index (κ2) is 7.67. The highest BCUT2D eigenvalue weighted by Crippen LogP contribution is 2.38. The first-order valence-corrected chi connectivity index (χ1v) is 9.38. The third-order valence-electron chi connectivity index (χ3n) is 5.02. The maximum Gasteiger partial charge on any atom is 0.319 e. The molecule has 0 radical (unpaired) electrons. The molecule has 1 aliphatic rings. The number of aromatic nitrogens is 5. The fourth-order valence-electron chi connectivity index (χ4n) is 3.16. The van der Waals surface area contributed by atoms with Crippen molar-refractivity contribution in [3.63, 3.8) is 0 Å². The number of nitrogens with zero attached hydrogens (tertiary/aromatic N) is 5. The fraction of sp³-hybridized carbons (Fsp3) is 0.350. The van der Waals surface area contributed by atoms with Crippen LogP contribution >= 0.6 is 0 Å². The molecule has 154 valence electrons. The molecule has 0 aliphatic heterocycles. The summed E-state index contributed by atoms with van der Waals surface area (Å²) in [6.45, 7) is 0.828. The molecule has 3 aromatic heterocycles. The maximum absolute atomic E-state index is 12.9. The average molecular weight is 411 g/mol. The summed E-state index contributed by atoms with van der Waals surface area (Å²) in [7, 11) is 1.71. The number of hydrogen-bond donors (Lipinski definition) is 2. The molecule has 1 fully saturated rings. The predicted octanol–water partition coefficient (Wildman–Crippen LogP) is 2.96. The van der Waals surface area contributed by atoms with E-state index in [1.165, 1.54) is 13.1 Å². The van der Waals surface area contributed by atoms with E-state index in [4.69, 9.17) is 0 Å². The van der Waals surface area contributed by atoms with Gasteiger partial charge in [0.05, 0.1) is 5.56 Å². The van der Waals surface area contributed by atoms with Gasteiger partial charge in [-0.3, -0.25) is 9.36 Å². The van der Waals surface area contributed by atoms with E-state index in [-0.39, 0.29) is 23.3 Å². The summed E-state index contributed by atoms with van der Waals surface area (Å²) in [5.41, 5.74) is 1.21. The Hall–Kier alpha value is -3.61. The van der Waals surface area contributed by atoms with Crippen molar-refractivity contribution in [2.24, 2.45) is 11.8 Å². The molecule has 0 saturated heterocycles. The highest BCUT2D eigenvalue weighted by Gasteiger charge is 2.39. The van der Waals surface area contributed by atoms with Crippen molar-refractivity contribution in [3.05, 3.63) is 35.5 Å². The first-order valence-electron chi connectivity index (χ1n) is 9.38. The van der Waals surface area contributed by atoms with Gasteiger partial charge in [0.25, 0.3) is 0 Å². The van der Waals surface area contributed by atoms with Gasteiger partial charge in [-0.25, -0.2) is 9.97 Å². The largest absolute Gasteiger partial charge is 0.371 e. The second-order valence-corrected chi connectivity index (χ2v) is 7.18. The summed E-state index contributed by atoms with van der Waals surface area (Å²) in [6.07, 6.45) is 3.61. The standard InChI is InChI=1S/C20H19F2N7O/c1-10-6-14(10)19(30)26-16-7-15-12(8-24-18(23-3)17(15)28-27-16)4-5-13-9-29(20(21)22)11(2)25-13/h7-10,14,20H,6H2,1-3H3,(H,23,24)(H,26,27,30)/t10-,14+/m1/s1. The zero-order valence-corrected chi connectivity index (χ0v) is 16.6. The van der Waals surface area contributed by atoms with Gasteiger partial charge in [-0.15, -0.1) is 10.2 Å². The number of amides is 1. The molecule has 1 saturated carbocycles. The van der Waals surface area contributed by atoms with E-state index < -0.39 is 6.55 Å². The lowest BCUT2D eigenvalue weighted by atomic mass is 10.1. The Labute approximate surface area is 171 Å². The number of carbonyl (C=O) groups is 1. The first-order chi connectivity index (χ1) is 14.4. The molecule has 0 spiro atoms. The monoisotopic (exact) mass is 411 g/mol. The molecule has 2 atom stereocenters. The average Bonchev–Trinajstić information content (AvgIpc) is 3.33. The molecule has 0 bridgehead atoms. The summed E-state index contributed by atoms with van der Waals surface area (Å²) in [6, 6.07) is 1.68. The summed E-state index contributed by atoms with van der Waals surface area (Å²) in [4.78, 5) is 20.5. The number of nitrogens with one attached hydrogen (secondary N) is 2. The van der Waals surface area contributed by atoms with E-state index in [0.29, 0.717) is 34.0 Å². The molecule has 0 aromatic carbocycles. The number of alkyl halides is 2. The lowest BCUT2D eigenvalue weighted by Crippen LogP contribution is -2.16. The van der Waals surface area contributed by atoms with E-state index in [1.54, 1.807) is 19.3 Å². The van der Waals surface area contributed by atoms with Crippen LogP contribution in [0.3, 0.4) is 0 Å². The third kappa shape index (κ3) is 3.78. The van der Waals surface area contributed by atoms with Gasteiger partial charge in [0, 0.05) is 30.7 Å². The second-order valence-electron chi connectivity index (χ2n) is 7.18. The van der Waals surface area contributed by atoms with Gasteiger partial charge in [0.15, 0.2) is 11.6 Å². The van der Waals surface area contributed by atoms with Gasteiger partial charge in [-0.2, -0.15) is 8.78 Å². The quantitative estimate of drug-likeness (QED) is 0.641. The zero-order chi connectivity index (χ0) is 21.4. The van der Waals surface area contributed by atoms with Gasteiger partial charge in [0.2, 0.25) is 5.91 Å². The third-order valence-corrected chi connectivity index (χ3v) is 5.02. The molecule has 8 nitrogen and oxygen atoms in total. The van der Waals surface area contributed by atoms with Gasteiger partial charge < -0.3 is 10.6 Å². The van der Waals surface area contributed by atoms with Crippen molar-refractivity contribution in [2.45, 2.75) is 26.8 Å². The lowest BCUT2D eigenvalue weighted by molar-refractivity contribution is -0.117. The Bertz CT molecular complexity index is 1200. The molecular weight excluding hydrogens is 392 g/mol. The summed E-state index contributed by atoms with van der Waals surface area (Å²) in [5.74, 6) is 7.00. The van der Waals surface area contributed by atoms with Crippen molar-refractivity contribution < 1.29 is 13.6 Å². The Kier molecular flexibility index (Phi) is 5.03. The molecule has 30 heavy (non-hydrogen) atoms. The summed E-state index contributed by atoms with van der Waals surface area (Å²) in [5, 5.41) is 14.6. The number of anilines is 2. The highest BCUT2D eigenvalue weighted by molar-refractivity contribution is 5.97. The van der Waals surface area contributed by atoms with Crippen molar-refractivity contribution in [1.29, 1.82) is 0 Å². The van der Waals surface area contributed by atoms with Crippen molar-refractivity contribution in [2.75, 3.05) is 17.7 Å². The van der Waals surface area contributed by atoms with Crippen LogP contribution in [0.25, 0.3) is 10.9 Å². The Morgan fingerprint density at radius 1 is 1.33 bits per heavy atom. The number of aryl methyl sites for hydroxylation is 1. The van der Waals surface area contributed by atoms with Crippen LogP contribution in [0.15, 0.2) is 18.5 Å². The first kappa shape index (κ1) is 19.7. The van der Waals surface area contributed by atoms with Crippen molar-refractivity contribution >= 4 is 28.4 Å². The lowest BCUT2D eigenvalue weighted by Gasteiger charge is -2.08. The van der Waals surface area contributed by atoms with Crippen LogP contribution in [0.4, 0.5) is 20.4 Å². The van der Waals surface area contributed by atoms with E-state index in [0.717, 1.165) is 11.0 Å². The number of hydrogen-bond acceptors (Lipinski definition) is 6. The zero-order valence-electron chi connectivity index (χ0n) is 16.6. The number of fused-ring (bicyclic) bond motifs is 1. The van der Waals surface area contributed by atoms with Gasteiger partial charge >= 0.3 is 6.55 Å². The van der Waals surface area contributed by atoms with Gasteiger partial charge in [0.1, 0.15) is 17.0 Å². The van der Waals surface area contributed by atoms with E-state index in [1.807, 2.05) is 6.92 Å². The topological polar surface area (TPSA) is 97.6 Å². The van der Waals surface area contributed by atoms with Crippen molar-refractivity contribution in [1.82, 2.24) is 24.7 Å². The van der Waals surface area contributed by atoms with Crippen molar-refractivity contribution in [3.8, 4) is 11.8 Å². The highest BCUT2D eigenvalue weighted by atomic mass is 19.3. The predicted molar refractivity (Wildman–Crippen MR) is 107 cm³/mol. The molecule has 3 aromatic rings. The van der Waals surface area contributed by atoms with Crippen LogP contribution in [-0.2, 0) is 4.79 Å². The van der Waals surface area contributed by atoms with Crippen LogP contribution < -0.4 is 10.6 Å². The van der Waals surface area contributed by atoms with E-state index in [9.17, 15) is 13.6 Å². The Morgan fingerprint density at radius 2 is 2.10 bits per heavy atom. The summed E-state index contributed by atoms with van der Waals surface area (Å²) >= 11 is 0. The van der Waals surface area contributed by atoms with Crippen LogP contribution in [0.5, 0.6) is 0 Å². The van der Waals surface area contributed by atoms with Crippen LogP contribution in [0.1, 0.15) is 37.0 Å². The number of halogens is 2. The molecule has 2 N–H and O–H groups in total. The maximum atomic E-state index is 12.9. The Balaban J connectivity index is 1.71. The van der Waals surface area contributed by atoms with Crippen LogP contribution in [0, 0.1) is 30.6 Å². The van der Waals surface area contributed by atoms with E-state index >= 15 is 0 Å². The summed E-state index contributed by atoms with van der Waals surface area (Å²) < 4.78 is 26.6. The molecule has 1 aliphatic carbocycles. The number of rotatable bonds is 4. The number of pyridine rings is 1. The van der Waals surface area contributed by atoms with Crippen LogP contribution in [-0.4, -0.2) is 37.7 Å². The number of carbonyl (C=O) groups excluding carboxylic acids is 1. The fourth-order valence-corrected chi connectivity index (χ4v) is 3.16. The minimum Gasteiger partial charge on any atom is -0.371 e. The molecule has 0 unspecified atom stereocenters. The SMILES string of the molecule is CNc1ncc(C#Cc2cn(C(F)F)c(C)n2)c2cc(NC(=O)[C@H]3C[C@H]3C)nnc12. The molecule has 10 heteroatoms. The minimum absolute atomic E-state index is 0.000235. The van der Waals surface area contributed by atoms with Gasteiger partial charge in [-0.05, 0) is 31.2 Å². The van der Waals surface area contributed by atoms with Crippen LogP contribution in [0.2, 0.25) is 0 Å². The molecular formula is C20H19F2N7O. The molecule has 4 rings (SSSR count). The Morgan fingerprint density at radius 3 is 2.73 bits per heavy atom. The molecule has 1 amide bonds. The smallest absolute Gasteiger partial charge is 0.319 e. The normalized spacial score (nSPS) is 17.5.